The number of aliphatic imine (C=N–C) groups is 1. The zero-order valence-electron chi connectivity index (χ0n) is 16.7. The maximum atomic E-state index is 13.8. The summed E-state index contributed by atoms with van der Waals surface area (Å²) in [5, 5.41) is 6.69. The third kappa shape index (κ3) is 8.74. The van der Waals surface area contributed by atoms with Crippen LogP contribution in [0.1, 0.15) is 38.8 Å². The highest BCUT2D eigenvalue weighted by molar-refractivity contribution is 14.0. The molecule has 5 nitrogen and oxygen atoms in total. The molecule has 1 saturated heterocycles. The van der Waals surface area contributed by atoms with E-state index >= 15 is 0 Å². The van der Waals surface area contributed by atoms with E-state index < -0.39 is 0 Å². The summed E-state index contributed by atoms with van der Waals surface area (Å²) in [6.45, 7) is 11.9. The third-order valence-corrected chi connectivity index (χ3v) is 4.50. The van der Waals surface area contributed by atoms with Crippen molar-refractivity contribution in [3.05, 3.63) is 35.6 Å². The molecular formula is C20H34FIN4O. The molecule has 0 aliphatic carbocycles. The first-order chi connectivity index (χ1) is 12.6. The van der Waals surface area contributed by atoms with Gasteiger partial charge in [0.1, 0.15) is 5.82 Å². The van der Waals surface area contributed by atoms with Gasteiger partial charge in [0.2, 0.25) is 0 Å². The molecule has 0 spiro atoms. The number of benzene rings is 1. The first-order valence-electron chi connectivity index (χ1n) is 9.69. The van der Waals surface area contributed by atoms with E-state index in [0.29, 0.717) is 25.7 Å². The summed E-state index contributed by atoms with van der Waals surface area (Å²) < 4.78 is 19.2. The van der Waals surface area contributed by atoms with Gasteiger partial charge in [0.05, 0.1) is 25.8 Å². The van der Waals surface area contributed by atoms with Gasteiger partial charge in [-0.2, -0.15) is 0 Å². The lowest BCUT2D eigenvalue weighted by molar-refractivity contribution is 0.0179. The molecule has 0 radical (unpaired) electrons. The van der Waals surface area contributed by atoms with Crippen LogP contribution in [0.2, 0.25) is 0 Å². The number of morpholine rings is 1. The van der Waals surface area contributed by atoms with Crippen LogP contribution in [-0.4, -0.2) is 56.8 Å². The van der Waals surface area contributed by atoms with Gasteiger partial charge in [-0.05, 0) is 37.0 Å². The zero-order valence-corrected chi connectivity index (χ0v) is 19.0. The molecule has 154 valence electrons. The van der Waals surface area contributed by atoms with Crippen molar-refractivity contribution in [1.29, 1.82) is 0 Å². The maximum Gasteiger partial charge on any atom is 0.191 e. The van der Waals surface area contributed by atoms with Gasteiger partial charge in [-0.3, -0.25) is 9.89 Å². The van der Waals surface area contributed by atoms with E-state index in [1.165, 1.54) is 6.07 Å². The van der Waals surface area contributed by atoms with Crippen molar-refractivity contribution in [1.82, 2.24) is 15.5 Å². The number of hydrogen-bond donors (Lipinski definition) is 2. The fraction of sp³-hybridized carbons (Fsp3) is 0.650. The van der Waals surface area contributed by atoms with E-state index in [9.17, 15) is 4.39 Å². The molecule has 1 heterocycles. The predicted molar refractivity (Wildman–Crippen MR) is 120 cm³/mol. The van der Waals surface area contributed by atoms with Gasteiger partial charge in [-0.25, -0.2) is 4.39 Å². The maximum absolute atomic E-state index is 13.8. The van der Waals surface area contributed by atoms with E-state index in [-0.39, 0.29) is 35.8 Å². The molecule has 0 amide bonds. The Hall–Kier alpha value is -0.930. The minimum atomic E-state index is -0.202. The first kappa shape index (κ1) is 24.1. The number of guanidine groups is 1. The van der Waals surface area contributed by atoms with Crippen LogP contribution in [0.3, 0.4) is 0 Å². The number of nitrogens with one attached hydrogen (secondary N) is 2. The molecule has 1 aromatic rings. The van der Waals surface area contributed by atoms with E-state index in [0.717, 1.165) is 44.1 Å². The van der Waals surface area contributed by atoms with Gasteiger partial charge in [-0.15, -0.1) is 24.0 Å². The van der Waals surface area contributed by atoms with Crippen LogP contribution < -0.4 is 10.6 Å². The summed E-state index contributed by atoms with van der Waals surface area (Å²) in [5.41, 5.74) is 0.966. The van der Waals surface area contributed by atoms with Crippen LogP contribution in [0.4, 0.5) is 4.39 Å². The molecular weight excluding hydrogens is 458 g/mol. The molecule has 27 heavy (non-hydrogen) atoms. The van der Waals surface area contributed by atoms with Gasteiger partial charge < -0.3 is 15.4 Å². The molecule has 2 rings (SSSR count). The second kappa shape index (κ2) is 13.3. The number of ether oxygens (including phenoxy) is 1. The average Bonchev–Trinajstić information content (AvgIpc) is 2.62. The van der Waals surface area contributed by atoms with Crippen LogP contribution in [0.25, 0.3) is 0 Å². The third-order valence-electron chi connectivity index (χ3n) is 4.50. The molecule has 1 aliphatic rings. The number of nitrogens with zero attached hydrogens (tertiary/aromatic N) is 2. The molecule has 1 atom stereocenters. The molecule has 0 aromatic heterocycles. The Kier molecular flexibility index (Phi) is 11.9. The van der Waals surface area contributed by atoms with Crippen molar-refractivity contribution in [3.8, 4) is 0 Å². The summed E-state index contributed by atoms with van der Waals surface area (Å²) >= 11 is 0. The fourth-order valence-corrected chi connectivity index (χ4v) is 3.03. The molecule has 1 aliphatic heterocycles. The van der Waals surface area contributed by atoms with Crippen molar-refractivity contribution in [2.24, 2.45) is 10.9 Å². The van der Waals surface area contributed by atoms with Gasteiger partial charge in [0.25, 0.3) is 0 Å². The lowest BCUT2D eigenvalue weighted by atomic mass is 10.0. The Balaban J connectivity index is 0.00000364. The van der Waals surface area contributed by atoms with E-state index in [1.807, 2.05) is 6.07 Å². The number of hydrogen-bond acceptors (Lipinski definition) is 3. The standard InChI is InChI=1S/C20H33FN4O.HI/c1-4-22-20(23-9-8-16(2)3)24-15-19(25-10-12-26-13-11-25)17-6-5-7-18(21)14-17;/h5-7,14,16,19H,4,8-13,15H2,1-3H3,(H2,22,23,24);1H. The van der Waals surface area contributed by atoms with E-state index in [2.05, 4.69) is 36.3 Å². The van der Waals surface area contributed by atoms with E-state index in [1.54, 1.807) is 12.1 Å². The van der Waals surface area contributed by atoms with Crippen LogP contribution in [0, 0.1) is 11.7 Å². The van der Waals surface area contributed by atoms with Crippen molar-refractivity contribution in [3.63, 3.8) is 0 Å². The quantitative estimate of drug-likeness (QED) is 0.332. The topological polar surface area (TPSA) is 48.9 Å². The molecule has 0 saturated carbocycles. The van der Waals surface area contributed by atoms with Crippen LogP contribution in [0.5, 0.6) is 0 Å². The highest BCUT2D eigenvalue weighted by Gasteiger charge is 2.23. The van der Waals surface area contributed by atoms with Gasteiger partial charge >= 0.3 is 0 Å². The van der Waals surface area contributed by atoms with Crippen LogP contribution >= 0.6 is 24.0 Å². The molecule has 7 heteroatoms. The first-order valence-corrected chi connectivity index (χ1v) is 9.69. The van der Waals surface area contributed by atoms with E-state index in [4.69, 9.17) is 9.73 Å². The lowest BCUT2D eigenvalue weighted by Crippen LogP contribution is -2.42. The summed E-state index contributed by atoms with van der Waals surface area (Å²) in [7, 11) is 0. The van der Waals surface area contributed by atoms with Gasteiger partial charge in [0.15, 0.2) is 5.96 Å². The fourth-order valence-electron chi connectivity index (χ4n) is 3.03. The Labute approximate surface area is 180 Å². The van der Waals surface area contributed by atoms with Crippen molar-refractivity contribution < 1.29 is 9.13 Å². The Bertz CT molecular complexity index is 565. The van der Waals surface area contributed by atoms with Crippen molar-refractivity contribution in [2.45, 2.75) is 33.2 Å². The molecule has 2 N–H and O–H groups in total. The summed E-state index contributed by atoms with van der Waals surface area (Å²) in [4.78, 5) is 7.11. The minimum absolute atomic E-state index is 0. The summed E-state index contributed by atoms with van der Waals surface area (Å²) in [5.74, 6) is 1.27. The largest absolute Gasteiger partial charge is 0.379 e. The SMILES string of the molecule is CCNC(=NCC(c1cccc(F)c1)N1CCOCC1)NCCC(C)C.I. The monoisotopic (exact) mass is 492 g/mol. The molecule has 1 fully saturated rings. The second-order valence-corrected chi connectivity index (χ2v) is 7.05. The normalized spacial score (nSPS) is 16.7. The molecule has 0 bridgehead atoms. The van der Waals surface area contributed by atoms with Crippen molar-refractivity contribution in [2.75, 3.05) is 45.9 Å². The van der Waals surface area contributed by atoms with Crippen LogP contribution in [0.15, 0.2) is 29.3 Å². The summed E-state index contributed by atoms with van der Waals surface area (Å²) in [6, 6.07) is 6.91. The Morgan fingerprint density at radius 3 is 2.63 bits per heavy atom. The van der Waals surface area contributed by atoms with Crippen molar-refractivity contribution >= 4 is 29.9 Å². The Morgan fingerprint density at radius 1 is 1.26 bits per heavy atom. The molecule has 1 unspecified atom stereocenters. The minimum Gasteiger partial charge on any atom is -0.379 e. The highest BCUT2D eigenvalue weighted by atomic mass is 127. The lowest BCUT2D eigenvalue weighted by Gasteiger charge is -2.34. The predicted octanol–water partition coefficient (Wildman–Crippen LogP) is 3.42. The zero-order chi connectivity index (χ0) is 18.8. The van der Waals surface area contributed by atoms with Gasteiger partial charge in [-0.1, -0.05) is 26.0 Å². The smallest absolute Gasteiger partial charge is 0.191 e. The summed E-state index contributed by atoms with van der Waals surface area (Å²) in [6.07, 6.45) is 1.10. The Morgan fingerprint density at radius 2 is 2.00 bits per heavy atom. The molecule has 1 aromatic carbocycles. The van der Waals surface area contributed by atoms with Crippen LogP contribution in [-0.2, 0) is 4.74 Å². The highest BCUT2D eigenvalue weighted by Crippen LogP contribution is 2.23. The van der Waals surface area contributed by atoms with Gasteiger partial charge in [0, 0.05) is 26.2 Å². The number of halogens is 2. The second-order valence-electron chi connectivity index (χ2n) is 7.05. The number of rotatable bonds is 8. The average molecular weight is 492 g/mol.